The lowest BCUT2D eigenvalue weighted by atomic mass is 10.0. The highest BCUT2D eigenvalue weighted by Crippen LogP contribution is 2.16. The molecule has 0 aliphatic carbocycles. The van der Waals surface area contributed by atoms with Crippen LogP contribution < -0.4 is 5.32 Å². The van der Waals surface area contributed by atoms with E-state index in [4.69, 9.17) is 0 Å². The summed E-state index contributed by atoms with van der Waals surface area (Å²) in [6.45, 7) is 8.91. The summed E-state index contributed by atoms with van der Waals surface area (Å²) in [5.74, 6) is 0.801. The first kappa shape index (κ1) is 15.1. The Morgan fingerprint density at radius 2 is 2.18 bits per heavy atom. The van der Waals surface area contributed by atoms with E-state index in [0.717, 1.165) is 18.8 Å². The highest BCUT2D eigenvalue weighted by molar-refractivity contribution is 7.84. The molecule has 1 N–H and O–H groups in total. The average molecular weight is 260 g/mol. The maximum Gasteiger partial charge on any atom is 0.0385 e. The molecular formula is C13H28N2OS. The summed E-state index contributed by atoms with van der Waals surface area (Å²) in [6, 6.07) is 1.67. The molecule has 0 aromatic rings. The van der Waals surface area contributed by atoms with E-state index in [1.807, 2.05) is 6.26 Å². The van der Waals surface area contributed by atoms with Gasteiger partial charge < -0.3 is 5.32 Å². The van der Waals surface area contributed by atoms with Crippen molar-refractivity contribution in [3.05, 3.63) is 0 Å². The Morgan fingerprint density at radius 1 is 1.47 bits per heavy atom. The van der Waals surface area contributed by atoms with Crippen molar-refractivity contribution in [1.82, 2.24) is 10.2 Å². The number of rotatable bonds is 6. The van der Waals surface area contributed by atoms with Gasteiger partial charge in [0.2, 0.25) is 0 Å². The smallest absolute Gasteiger partial charge is 0.0385 e. The molecule has 102 valence electrons. The Kier molecular flexibility index (Phi) is 6.67. The molecule has 0 amide bonds. The van der Waals surface area contributed by atoms with Crippen LogP contribution in [0.25, 0.3) is 0 Å². The maximum absolute atomic E-state index is 11.4. The summed E-state index contributed by atoms with van der Waals surface area (Å²) >= 11 is 0. The molecule has 0 aromatic carbocycles. The van der Waals surface area contributed by atoms with Crippen LogP contribution in [0, 0.1) is 0 Å². The number of hydrogen-bond donors (Lipinski definition) is 1. The lowest BCUT2D eigenvalue weighted by molar-refractivity contribution is 0.0929. The average Bonchev–Trinajstić information content (AvgIpc) is 2.28. The van der Waals surface area contributed by atoms with E-state index >= 15 is 0 Å². The minimum Gasteiger partial charge on any atom is -0.311 e. The SMILES string of the molecule is CCCC1CN(C(C)CS(C)=O)C(CC)CN1. The van der Waals surface area contributed by atoms with Gasteiger partial charge in [-0.25, -0.2) is 0 Å². The van der Waals surface area contributed by atoms with Crippen LogP contribution in [0.1, 0.15) is 40.0 Å². The number of piperazine rings is 1. The molecule has 1 heterocycles. The van der Waals surface area contributed by atoms with Crippen molar-refractivity contribution in [2.24, 2.45) is 0 Å². The third-order valence-electron chi connectivity index (χ3n) is 3.69. The summed E-state index contributed by atoms with van der Waals surface area (Å²) in [5.41, 5.74) is 0. The Balaban J connectivity index is 2.58. The van der Waals surface area contributed by atoms with E-state index in [9.17, 15) is 4.21 Å². The molecule has 0 bridgehead atoms. The van der Waals surface area contributed by atoms with Crippen molar-refractivity contribution in [2.75, 3.05) is 25.1 Å². The molecule has 3 nitrogen and oxygen atoms in total. The van der Waals surface area contributed by atoms with Gasteiger partial charge in [-0.1, -0.05) is 20.3 Å². The number of nitrogens with one attached hydrogen (secondary N) is 1. The molecule has 1 aliphatic rings. The molecule has 0 radical (unpaired) electrons. The Morgan fingerprint density at radius 3 is 2.71 bits per heavy atom. The summed E-state index contributed by atoms with van der Waals surface area (Å²) in [5, 5.41) is 3.64. The largest absolute Gasteiger partial charge is 0.311 e. The molecular weight excluding hydrogens is 232 g/mol. The summed E-state index contributed by atoms with van der Waals surface area (Å²) in [4.78, 5) is 2.57. The molecule has 4 atom stereocenters. The predicted molar refractivity (Wildman–Crippen MR) is 75.9 cm³/mol. The topological polar surface area (TPSA) is 32.3 Å². The summed E-state index contributed by atoms with van der Waals surface area (Å²) in [7, 11) is -0.691. The Hall–Kier alpha value is 0.0700. The van der Waals surface area contributed by atoms with Gasteiger partial charge in [-0.2, -0.15) is 0 Å². The van der Waals surface area contributed by atoms with Gasteiger partial charge in [-0.3, -0.25) is 9.11 Å². The fourth-order valence-electron chi connectivity index (χ4n) is 2.78. The molecule has 1 fully saturated rings. The van der Waals surface area contributed by atoms with Crippen LogP contribution in [-0.2, 0) is 10.8 Å². The zero-order valence-electron chi connectivity index (χ0n) is 11.7. The summed E-state index contributed by atoms with van der Waals surface area (Å²) in [6.07, 6.45) is 5.46. The van der Waals surface area contributed by atoms with Gasteiger partial charge in [0.25, 0.3) is 0 Å². The van der Waals surface area contributed by atoms with Gasteiger partial charge in [0.05, 0.1) is 0 Å². The number of nitrogens with zero attached hydrogens (tertiary/aromatic N) is 1. The van der Waals surface area contributed by atoms with Gasteiger partial charge in [-0.15, -0.1) is 0 Å². The highest BCUT2D eigenvalue weighted by atomic mass is 32.2. The minimum atomic E-state index is -0.691. The molecule has 1 saturated heterocycles. The van der Waals surface area contributed by atoms with E-state index in [1.165, 1.54) is 19.3 Å². The quantitative estimate of drug-likeness (QED) is 0.787. The van der Waals surface area contributed by atoms with Gasteiger partial charge in [0.15, 0.2) is 0 Å². The van der Waals surface area contributed by atoms with Gasteiger partial charge in [0, 0.05) is 54.0 Å². The van der Waals surface area contributed by atoms with Crippen LogP contribution in [0.15, 0.2) is 0 Å². The molecule has 4 heteroatoms. The molecule has 0 spiro atoms. The first-order chi connectivity index (χ1) is 8.08. The molecule has 0 aromatic heterocycles. The van der Waals surface area contributed by atoms with Gasteiger partial charge >= 0.3 is 0 Å². The number of hydrogen-bond acceptors (Lipinski definition) is 3. The second-order valence-corrected chi connectivity index (χ2v) is 6.72. The van der Waals surface area contributed by atoms with Crippen molar-refractivity contribution < 1.29 is 4.21 Å². The van der Waals surface area contributed by atoms with Crippen molar-refractivity contribution in [2.45, 2.75) is 58.2 Å². The van der Waals surface area contributed by atoms with E-state index in [1.54, 1.807) is 0 Å². The third kappa shape index (κ3) is 4.68. The Bertz CT molecular complexity index is 248. The van der Waals surface area contributed by atoms with E-state index in [2.05, 4.69) is 31.0 Å². The van der Waals surface area contributed by atoms with Crippen LogP contribution in [0.3, 0.4) is 0 Å². The Labute approximate surface area is 109 Å². The lowest BCUT2D eigenvalue weighted by Crippen LogP contribution is -2.59. The zero-order chi connectivity index (χ0) is 12.8. The van der Waals surface area contributed by atoms with Crippen molar-refractivity contribution >= 4 is 10.8 Å². The first-order valence-corrected chi connectivity index (χ1v) is 8.60. The van der Waals surface area contributed by atoms with Crippen molar-refractivity contribution in [3.8, 4) is 0 Å². The normalized spacial score (nSPS) is 30.1. The first-order valence-electron chi connectivity index (χ1n) is 6.87. The van der Waals surface area contributed by atoms with Crippen LogP contribution >= 0.6 is 0 Å². The van der Waals surface area contributed by atoms with Crippen LogP contribution in [-0.4, -0.2) is 52.3 Å². The molecule has 1 rings (SSSR count). The fourth-order valence-corrected chi connectivity index (χ4v) is 3.65. The third-order valence-corrected chi connectivity index (χ3v) is 4.64. The van der Waals surface area contributed by atoms with Crippen LogP contribution in [0.5, 0.6) is 0 Å². The molecule has 4 unspecified atom stereocenters. The monoisotopic (exact) mass is 260 g/mol. The molecule has 1 aliphatic heterocycles. The fraction of sp³-hybridized carbons (Fsp3) is 1.00. The molecule has 17 heavy (non-hydrogen) atoms. The minimum absolute atomic E-state index is 0.437. The second-order valence-electron chi connectivity index (χ2n) is 5.24. The lowest BCUT2D eigenvalue weighted by Gasteiger charge is -2.43. The predicted octanol–water partition coefficient (Wildman–Crippen LogP) is 1.61. The van der Waals surface area contributed by atoms with E-state index in [0.29, 0.717) is 18.1 Å². The second kappa shape index (κ2) is 7.49. The van der Waals surface area contributed by atoms with E-state index in [-0.39, 0.29) is 0 Å². The van der Waals surface area contributed by atoms with Crippen molar-refractivity contribution in [3.63, 3.8) is 0 Å². The zero-order valence-corrected chi connectivity index (χ0v) is 12.6. The van der Waals surface area contributed by atoms with Crippen molar-refractivity contribution in [1.29, 1.82) is 0 Å². The summed E-state index contributed by atoms with van der Waals surface area (Å²) < 4.78 is 11.4. The standard InChI is InChI=1S/C13H28N2OS/c1-5-7-12-9-15(11(3)10-17(4)16)13(6-2)8-14-12/h11-14H,5-10H2,1-4H3. The van der Waals surface area contributed by atoms with Crippen LogP contribution in [0.2, 0.25) is 0 Å². The highest BCUT2D eigenvalue weighted by Gasteiger charge is 2.29. The van der Waals surface area contributed by atoms with Gasteiger partial charge in [0.1, 0.15) is 0 Å². The van der Waals surface area contributed by atoms with Crippen LogP contribution in [0.4, 0.5) is 0 Å². The maximum atomic E-state index is 11.4. The van der Waals surface area contributed by atoms with E-state index < -0.39 is 10.8 Å². The van der Waals surface area contributed by atoms with Gasteiger partial charge in [-0.05, 0) is 19.8 Å². The molecule has 0 saturated carbocycles.